The Morgan fingerprint density at radius 2 is 1.83 bits per heavy atom. The van der Waals surface area contributed by atoms with Crippen molar-refractivity contribution in [3.05, 3.63) is 86.3 Å². The Hall–Kier alpha value is -3.19. The number of nitrogens with two attached hydrogens (primary N) is 1. The second-order valence-electron chi connectivity index (χ2n) is 7.01. The molecule has 190 valence electrons. The Labute approximate surface area is 219 Å². The lowest BCUT2D eigenvalue weighted by molar-refractivity contribution is -0.0504. The Kier molecular flexibility index (Phi) is 9.26. The number of fused-ring (bicyclic) bond motifs is 1. The van der Waals surface area contributed by atoms with Gasteiger partial charge in [0, 0.05) is 36.5 Å². The number of benzene rings is 1. The monoisotopic (exact) mass is 632 g/mol. The van der Waals surface area contributed by atoms with E-state index in [2.05, 4.69) is 46.6 Å². The number of pyridine rings is 2. The van der Waals surface area contributed by atoms with Crippen LogP contribution in [-0.2, 0) is 11.2 Å². The molecule has 0 fully saturated rings. The van der Waals surface area contributed by atoms with Gasteiger partial charge in [0.15, 0.2) is 5.69 Å². The predicted molar refractivity (Wildman–Crippen MR) is 131 cm³/mol. The standard InChI is InChI=1S/C18H14BrF3N2O3.C5H4BrFN2/c1-2-26-17(25)16-13(24-9-11(19)12(20)8-15(24)23-16)7-10-5-3-4-6-14(10)27-18(21)22;6-3-2-9-5(8)1-4(3)7/h3-6,8-9,18H,2,7H2,1H3;1-2H,(H2,8,9). The molecule has 0 unspecified atom stereocenters. The molecular formula is C23H18Br2F4N4O3. The van der Waals surface area contributed by atoms with E-state index in [1.54, 1.807) is 25.1 Å². The molecule has 0 spiro atoms. The minimum atomic E-state index is -2.99. The van der Waals surface area contributed by atoms with Gasteiger partial charge in [0.05, 0.1) is 21.2 Å². The van der Waals surface area contributed by atoms with Gasteiger partial charge in [-0.05, 0) is 44.8 Å². The van der Waals surface area contributed by atoms with Crippen molar-refractivity contribution in [3.63, 3.8) is 0 Å². The van der Waals surface area contributed by atoms with Crippen LogP contribution in [-0.4, -0.2) is 33.6 Å². The van der Waals surface area contributed by atoms with Crippen LogP contribution < -0.4 is 10.5 Å². The van der Waals surface area contributed by atoms with E-state index in [9.17, 15) is 22.4 Å². The van der Waals surface area contributed by atoms with E-state index in [-0.39, 0.29) is 46.2 Å². The third kappa shape index (κ3) is 6.72. The van der Waals surface area contributed by atoms with Crippen molar-refractivity contribution in [2.45, 2.75) is 20.0 Å². The predicted octanol–water partition coefficient (Wildman–Crippen LogP) is 6.17. The third-order valence-corrected chi connectivity index (χ3v) is 5.78. The van der Waals surface area contributed by atoms with Crippen LogP contribution in [0.5, 0.6) is 5.75 Å². The number of aromatic nitrogens is 3. The molecule has 0 radical (unpaired) electrons. The zero-order valence-electron chi connectivity index (χ0n) is 18.5. The van der Waals surface area contributed by atoms with E-state index in [1.165, 1.54) is 22.9 Å². The summed E-state index contributed by atoms with van der Waals surface area (Å²) in [7, 11) is 0. The summed E-state index contributed by atoms with van der Waals surface area (Å²) in [6, 6.07) is 8.56. The van der Waals surface area contributed by atoms with E-state index < -0.39 is 18.4 Å². The van der Waals surface area contributed by atoms with E-state index >= 15 is 0 Å². The fraction of sp³-hybridized carbons (Fsp3) is 0.174. The Balaban J connectivity index is 0.000000338. The lowest BCUT2D eigenvalue weighted by Crippen LogP contribution is -2.10. The summed E-state index contributed by atoms with van der Waals surface area (Å²) in [5, 5.41) is 0. The first-order chi connectivity index (χ1) is 17.1. The summed E-state index contributed by atoms with van der Waals surface area (Å²) in [6.45, 7) is -1.20. The molecule has 3 aromatic heterocycles. The highest BCUT2D eigenvalue weighted by molar-refractivity contribution is 9.10. The summed E-state index contributed by atoms with van der Waals surface area (Å²) in [5.74, 6) is -1.44. The number of anilines is 1. The van der Waals surface area contributed by atoms with Crippen LogP contribution in [0.25, 0.3) is 5.65 Å². The normalized spacial score (nSPS) is 10.8. The van der Waals surface area contributed by atoms with E-state index in [0.29, 0.717) is 15.7 Å². The number of rotatable bonds is 6. The zero-order valence-corrected chi connectivity index (χ0v) is 21.7. The van der Waals surface area contributed by atoms with E-state index in [4.69, 9.17) is 10.5 Å². The first-order valence-corrected chi connectivity index (χ1v) is 11.8. The van der Waals surface area contributed by atoms with Gasteiger partial charge >= 0.3 is 12.6 Å². The summed E-state index contributed by atoms with van der Waals surface area (Å²) < 4.78 is 63.2. The quantitative estimate of drug-likeness (QED) is 0.202. The lowest BCUT2D eigenvalue weighted by Gasteiger charge is -2.11. The molecule has 2 N–H and O–H groups in total. The molecule has 13 heteroatoms. The second-order valence-corrected chi connectivity index (χ2v) is 8.72. The molecule has 0 aliphatic heterocycles. The van der Waals surface area contributed by atoms with E-state index in [0.717, 1.165) is 12.1 Å². The Morgan fingerprint density at radius 1 is 1.14 bits per heavy atom. The van der Waals surface area contributed by atoms with Gasteiger partial charge in [0.25, 0.3) is 0 Å². The van der Waals surface area contributed by atoms with Crippen LogP contribution >= 0.6 is 31.9 Å². The summed E-state index contributed by atoms with van der Waals surface area (Å²) in [6.07, 6.45) is 2.80. The number of nitrogens with zero attached hydrogens (tertiary/aromatic N) is 3. The summed E-state index contributed by atoms with van der Waals surface area (Å²) in [5.41, 5.74) is 6.13. The Bertz CT molecular complexity index is 1390. The van der Waals surface area contributed by atoms with Gasteiger partial charge in [-0.15, -0.1) is 0 Å². The number of hydrogen-bond donors (Lipinski definition) is 1. The molecule has 0 aliphatic rings. The minimum Gasteiger partial charge on any atom is -0.461 e. The molecule has 4 aromatic rings. The molecule has 7 nitrogen and oxygen atoms in total. The smallest absolute Gasteiger partial charge is 0.387 e. The molecule has 0 saturated carbocycles. The molecule has 0 saturated heterocycles. The van der Waals surface area contributed by atoms with Crippen LogP contribution in [0.1, 0.15) is 28.7 Å². The van der Waals surface area contributed by atoms with Gasteiger partial charge in [-0.25, -0.2) is 23.5 Å². The fourth-order valence-corrected chi connectivity index (χ4v) is 3.63. The Morgan fingerprint density at radius 3 is 2.47 bits per heavy atom. The number of nitrogen functional groups attached to an aromatic ring is 1. The van der Waals surface area contributed by atoms with E-state index in [1.807, 2.05) is 0 Å². The molecular weight excluding hydrogens is 616 g/mol. The highest BCUT2D eigenvalue weighted by Crippen LogP contribution is 2.27. The van der Waals surface area contributed by atoms with Gasteiger partial charge in [-0.1, -0.05) is 18.2 Å². The molecule has 4 rings (SSSR count). The second kappa shape index (κ2) is 12.2. The van der Waals surface area contributed by atoms with Crippen LogP contribution in [0.2, 0.25) is 0 Å². The first kappa shape index (κ1) is 27.4. The maximum atomic E-state index is 13.9. The first-order valence-electron chi connectivity index (χ1n) is 10.2. The largest absolute Gasteiger partial charge is 0.461 e. The molecule has 0 aliphatic carbocycles. The average molecular weight is 634 g/mol. The average Bonchev–Trinajstić information content (AvgIpc) is 3.15. The number of imidazole rings is 1. The highest BCUT2D eigenvalue weighted by Gasteiger charge is 2.23. The number of para-hydroxylation sites is 1. The maximum Gasteiger partial charge on any atom is 0.387 e. The summed E-state index contributed by atoms with van der Waals surface area (Å²) >= 11 is 6.03. The maximum absolute atomic E-state index is 13.9. The van der Waals surface area contributed by atoms with Crippen molar-refractivity contribution in [2.24, 2.45) is 0 Å². The van der Waals surface area contributed by atoms with Gasteiger partial charge in [0.2, 0.25) is 0 Å². The van der Waals surface area contributed by atoms with Crippen molar-refractivity contribution in [2.75, 3.05) is 12.3 Å². The van der Waals surface area contributed by atoms with Crippen molar-refractivity contribution < 1.29 is 31.8 Å². The molecule has 0 amide bonds. The molecule has 0 atom stereocenters. The fourth-order valence-electron chi connectivity index (χ4n) is 3.09. The molecule has 1 aromatic carbocycles. The number of halogens is 6. The number of alkyl halides is 2. The van der Waals surface area contributed by atoms with Crippen molar-refractivity contribution >= 4 is 49.3 Å². The summed E-state index contributed by atoms with van der Waals surface area (Å²) in [4.78, 5) is 20.1. The highest BCUT2D eigenvalue weighted by atomic mass is 79.9. The van der Waals surface area contributed by atoms with Crippen molar-refractivity contribution in [3.8, 4) is 5.75 Å². The number of carbonyl (C=O) groups excluding carboxylic acids is 1. The number of ether oxygens (including phenoxy) is 2. The SMILES string of the molecule is CCOC(=O)c1nc2cc(F)c(Br)cn2c1Cc1ccccc1OC(F)F.Nc1cc(F)c(Br)cn1. The molecule has 36 heavy (non-hydrogen) atoms. The van der Waals surface area contributed by atoms with Gasteiger partial charge < -0.3 is 19.6 Å². The lowest BCUT2D eigenvalue weighted by atomic mass is 10.1. The van der Waals surface area contributed by atoms with Gasteiger partial charge in [-0.3, -0.25) is 0 Å². The molecule has 0 bridgehead atoms. The number of carbonyl (C=O) groups is 1. The minimum absolute atomic E-state index is 0.0128. The van der Waals surface area contributed by atoms with Crippen LogP contribution in [0.15, 0.2) is 57.7 Å². The zero-order chi connectivity index (χ0) is 26.4. The molecule has 3 heterocycles. The van der Waals surface area contributed by atoms with Gasteiger partial charge in [0.1, 0.15) is 28.8 Å². The topological polar surface area (TPSA) is 91.7 Å². The van der Waals surface area contributed by atoms with Crippen molar-refractivity contribution in [1.29, 1.82) is 0 Å². The van der Waals surface area contributed by atoms with Crippen molar-refractivity contribution in [1.82, 2.24) is 14.4 Å². The van der Waals surface area contributed by atoms with Crippen LogP contribution in [0.4, 0.5) is 23.4 Å². The third-order valence-electron chi connectivity index (χ3n) is 4.61. The van der Waals surface area contributed by atoms with Gasteiger partial charge in [-0.2, -0.15) is 8.78 Å². The van der Waals surface area contributed by atoms with Crippen LogP contribution in [0.3, 0.4) is 0 Å². The number of esters is 1. The van der Waals surface area contributed by atoms with Crippen LogP contribution in [0, 0.1) is 11.6 Å². The number of hydrogen-bond acceptors (Lipinski definition) is 6.